The molecular formula is C24H23BrN2O5. The lowest BCUT2D eigenvalue weighted by Crippen LogP contribution is -2.17. The van der Waals surface area contributed by atoms with Gasteiger partial charge in [-0.3, -0.25) is 4.79 Å². The zero-order chi connectivity index (χ0) is 22.9. The van der Waals surface area contributed by atoms with E-state index in [9.17, 15) is 4.79 Å². The van der Waals surface area contributed by atoms with E-state index >= 15 is 0 Å². The van der Waals surface area contributed by atoms with Gasteiger partial charge in [-0.1, -0.05) is 28.1 Å². The molecule has 0 bridgehead atoms. The summed E-state index contributed by atoms with van der Waals surface area (Å²) >= 11 is 3.42. The number of methoxy groups -OCH3 is 3. The van der Waals surface area contributed by atoms with Crippen molar-refractivity contribution in [2.24, 2.45) is 5.10 Å². The topological polar surface area (TPSA) is 78.4 Å². The number of halogens is 1. The molecule has 0 aliphatic carbocycles. The van der Waals surface area contributed by atoms with Crippen molar-refractivity contribution in [3.63, 3.8) is 0 Å². The summed E-state index contributed by atoms with van der Waals surface area (Å²) < 4.78 is 22.7. The average Bonchev–Trinajstić information content (AvgIpc) is 2.83. The normalized spacial score (nSPS) is 10.6. The maximum Gasteiger partial charge on any atom is 0.271 e. The number of rotatable bonds is 9. The van der Waals surface area contributed by atoms with Crippen LogP contribution in [0.25, 0.3) is 0 Å². The van der Waals surface area contributed by atoms with Crippen molar-refractivity contribution in [1.82, 2.24) is 5.43 Å². The number of ether oxygens (including phenoxy) is 4. The quantitative estimate of drug-likeness (QED) is 0.338. The minimum atomic E-state index is -0.389. The van der Waals surface area contributed by atoms with Crippen molar-refractivity contribution in [2.45, 2.75) is 6.61 Å². The van der Waals surface area contributed by atoms with E-state index in [1.807, 2.05) is 30.3 Å². The van der Waals surface area contributed by atoms with E-state index in [-0.39, 0.29) is 5.91 Å². The monoisotopic (exact) mass is 498 g/mol. The van der Waals surface area contributed by atoms with Crippen LogP contribution in [-0.2, 0) is 6.61 Å². The van der Waals surface area contributed by atoms with Crippen LogP contribution in [0.4, 0.5) is 0 Å². The first-order chi connectivity index (χ1) is 15.5. The van der Waals surface area contributed by atoms with Gasteiger partial charge in [-0.05, 0) is 53.6 Å². The van der Waals surface area contributed by atoms with E-state index < -0.39 is 0 Å². The summed E-state index contributed by atoms with van der Waals surface area (Å²) in [5, 5.41) is 4.03. The zero-order valence-electron chi connectivity index (χ0n) is 17.9. The minimum Gasteiger partial charge on any atom is -0.497 e. The fourth-order valence-corrected chi connectivity index (χ4v) is 3.06. The second-order valence-corrected chi connectivity index (χ2v) is 7.54. The first-order valence-electron chi connectivity index (χ1n) is 9.64. The van der Waals surface area contributed by atoms with Crippen molar-refractivity contribution in [3.05, 3.63) is 81.8 Å². The molecule has 0 aliphatic rings. The van der Waals surface area contributed by atoms with Gasteiger partial charge in [0.05, 0.1) is 27.5 Å². The highest BCUT2D eigenvalue weighted by Gasteiger charge is 2.10. The number of nitrogens with one attached hydrogen (secondary N) is 1. The minimum absolute atomic E-state index is 0.368. The largest absolute Gasteiger partial charge is 0.497 e. The zero-order valence-corrected chi connectivity index (χ0v) is 19.5. The van der Waals surface area contributed by atoms with Crippen LogP contribution in [-0.4, -0.2) is 33.5 Å². The molecule has 0 aromatic heterocycles. The Morgan fingerprint density at radius 3 is 2.22 bits per heavy atom. The number of hydrogen-bond donors (Lipinski definition) is 1. The maximum atomic E-state index is 12.4. The number of hydrazone groups is 1. The van der Waals surface area contributed by atoms with Crippen LogP contribution in [0, 0.1) is 0 Å². The first kappa shape index (κ1) is 23.1. The number of hydrogen-bond acceptors (Lipinski definition) is 6. The molecule has 8 heteroatoms. The summed E-state index contributed by atoms with van der Waals surface area (Å²) in [6.07, 6.45) is 1.52. The summed E-state index contributed by atoms with van der Waals surface area (Å²) in [5.41, 5.74) is 4.64. The standard InChI is InChI=1S/C24H23BrN2O5/c1-29-20-11-18(12-21(13-20)30-2)24(28)27-26-14-17-6-9-22(23(10-17)31-3)32-15-16-4-7-19(25)8-5-16/h4-14H,15H2,1-3H3,(H,27,28). The van der Waals surface area contributed by atoms with Gasteiger partial charge in [-0.15, -0.1) is 0 Å². The van der Waals surface area contributed by atoms with Crippen molar-refractivity contribution < 1.29 is 23.7 Å². The van der Waals surface area contributed by atoms with Gasteiger partial charge in [0.15, 0.2) is 11.5 Å². The SMILES string of the molecule is COc1cc(OC)cc(C(=O)NN=Cc2ccc(OCc3ccc(Br)cc3)c(OC)c2)c1. The summed E-state index contributed by atoms with van der Waals surface area (Å²) in [6.45, 7) is 0.414. The third-order valence-corrected chi connectivity index (χ3v) is 5.02. The Hall–Kier alpha value is -3.52. The Morgan fingerprint density at radius 2 is 1.59 bits per heavy atom. The number of carbonyl (C=O) groups is 1. The maximum absolute atomic E-state index is 12.4. The molecule has 0 fully saturated rings. The average molecular weight is 499 g/mol. The van der Waals surface area contributed by atoms with Crippen LogP contribution >= 0.6 is 15.9 Å². The number of benzene rings is 3. The van der Waals surface area contributed by atoms with Gasteiger partial charge in [-0.2, -0.15) is 5.10 Å². The van der Waals surface area contributed by atoms with Crippen LogP contribution in [0.15, 0.2) is 70.2 Å². The Bertz CT molecular complexity index is 1080. The molecule has 3 rings (SSSR count). The van der Waals surface area contributed by atoms with Crippen molar-refractivity contribution in [1.29, 1.82) is 0 Å². The van der Waals surface area contributed by atoms with E-state index in [2.05, 4.69) is 26.5 Å². The number of nitrogens with zero attached hydrogens (tertiary/aromatic N) is 1. The van der Waals surface area contributed by atoms with E-state index in [0.29, 0.717) is 35.2 Å². The molecule has 1 N–H and O–H groups in total. The summed E-state index contributed by atoms with van der Waals surface area (Å²) in [6, 6.07) is 18.2. The van der Waals surface area contributed by atoms with Gasteiger partial charge in [0.1, 0.15) is 18.1 Å². The summed E-state index contributed by atoms with van der Waals surface area (Å²) in [7, 11) is 4.61. The van der Waals surface area contributed by atoms with Gasteiger partial charge < -0.3 is 18.9 Å². The van der Waals surface area contributed by atoms with Crippen molar-refractivity contribution >= 4 is 28.1 Å². The molecular weight excluding hydrogens is 476 g/mol. The molecule has 3 aromatic rings. The lowest BCUT2D eigenvalue weighted by molar-refractivity contribution is 0.0954. The molecule has 0 heterocycles. The predicted octanol–water partition coefficient (Wildman–Crippen LogP) is 4.82. The van der Waals surface area contributed by atoms with E-state index in [4.69, 9.17) is 18.9 Å². The van der Waals surface area contributed by atoms with E-state index in [0.717, 1.165) is 15.6 Å². The highest BCUT2D eigenvalue weighted by molar-refractivity contribution is 9.10. The van der Waals surface area contributed by atoms with Gasteiger partial charge in [-0.25, -0.2) is 5.43 Å². The number of carbonyl (C=O) groups excluding carboxylic acids is 1. The molecule has 0 saturated heterocycles. The van der Waals surface area contributed by atoms with Crippen LogP contribution in [0.5, 0.6) is 23.0 Å². The fourth-order valence-electron chi connectivity index (χ4n) is 2.79. The highest BCUT2D eigenvalue weighted by Crippen LogP contribution is 2.28. The van der Waals surface area contributed by atoms with E-state index in [1.165, 1.54) is 20.4 Å². The molecule has 0 radical (unpaired) electrons. The second kappa shape index (κ2) is 11.2. The molecule has 0 saturated carbocycles. The predicted molar refractivity (Wildman–Crippen MR) is 126 cm³/mol. The Labute approximate surface area is 195 Å². The van der Waals surface area contributed by atoms with Crippen molar-refractivity contribution in [3.8, 4) is 23.0 Å². The molecule has 0 aliphatic heterocycles. The highest BCUT2D eigenvalue weighted by atomic mass is 79.9. The lowest BCUT2D eigenvalue weighted by atomic mass is 10.2. The Morgan fingerprint density at radius 1 is 0.906 bits per heavy atom. The van der Waals surface area contributed by atoms with Gasteiger partial charge in [0.2, 0.25) is 0 Å². The molecule has 32 heavy (non-hydrogen) atoms. The summed E-state index contributed by atoms with van der Waals surface area (Å²) in [5.74, 6) is 1.82. The fraction of sp³-hybridized carbons (Fsp3) is 0.167. The molecule has 0 unspecified atom stereocenters. The second-order valence-electron chi connectivity index (χ2n) is 6.63. The Kier molecular flexibility index (Phi) is 8.10. The molecule has 1 amide bonds. The van der Waals surface area contributed by atoms with Crippen LogP contribution in [0.3, 0.4) is 0 Å². The van der Waals surface area contributed by atoms with Crippen LogP contribution in [0.2, 0.25) is 0 Å². The molecule has 3 aromatic carbocycles. The lowest BCUT2D eigenvalue weighted by Gasteiger charge is -2.11. The molecule has 166 valence electrons. The molecule has 0 atom stereocenters. The molecule has 7 nitrogen and oxygen atoms in total. The summed E-state index contributed by atoms with van der Waals surface area (Å²) in [4.78, 5) is 12.4. The third-order valence-electron chi connectivity index (χ3n) is 4.49. The van der Waals surface area contributed by atoms with Crippen LogP contribution < -0.4 is 24.4 Å². The van der Waals surface area contributed by atoms with Gasteiger partial charge in [0.25, 0.3) is 5.91 Å². The van der Waals surface area contributed by atoms with Crippen molar-refractivity contribution in [2.75, 3.05) is 21.3 Å². The molecule has 0 spiro atoms. The first-order valence-corrected chi connectivity index (χ1v) is 10.4. The number of amides is 1. The Balaban J connectivity index is 1.64. The third kappa shape index (κ3) is 6.24. The van der Waals surface area contributed by atoms with E-state index in [1.54, 1.807) is 37.4 Å². The smallest absolute Gasteiger partial charge is 0.271 e. The van der Waals surface area contributed by atoms with Gasteiger partial charge >= 0.3 is 0 Å². The van der Waals surface area contributed by atoms with Crippen LogP contribution in [0.1, 0.15) is 21.5 Å². The van der Waals surface area contributed by atoms with Gasteiger partial charge in [0, 0.05) is 16.1 Å².